The fourth-order valence-corrected chi connectivity index (χ4v) is 3.10. The van der Waals surface area contributed by atoms with Crippen molar-refractivity contribution in [3.63, 3.8) is 0 Å². The molecule has 0 spiro atoms. The summed E-state index contributed by atoms with van der Waals surface area (Å²) in [6.45, 7) is 1.80. The van der Waals surface area contributed by atoms with E-state index in [9.17, 15) is 9.18 Å². The van der Waals surface area contributed by atoms with Gasteiger partial charge in [0.1, 0.15) is 5.82 Å². The van der Waals surface area contributed by atoms with E-state index in [1.165, 1.54) is 12.5 Å². The second-order valence-corrected chi connectivity index (χ2v) is 6.25. The van der Waals surface area contributed by atoms with Gasteiger partial charge in [-0.05, 0) is 49.4 Å². The lowest BCUT2D eigenvalue weighted by Gasteiger charge is -2.29. The first-order chi connectivity index (χ1) is 11.7. The number of carbonyl (C=O) groups is 1. The van der Waals surface area contributed by atoms with Crippen molar-refractivity contribution in [2.45, 2.75) is 32.1 Å². The van der Waals surface area contributed by atoms with Crippen LogP contribution in [0.5, 0.6) is 0 Å². The van der Waals surface area contributed by atoms with Gasteiger partial charge in [0, 0.05) is 25.2 Å². The minimum Gasteiger partial charge on any atom is -0.369 e. The molecule has 0 unspecified atom stereocenters. The summed E-state index contributed by atoms with van der Waals surface area (Å²) in [4.78, 5) is 14.1. The van der Waals surface area contributed by atoms with Crippen LogP contribution in [0.1, 0.15) is 31.2 Å². The van der Waals surface area contributed by atoms with E-state index in [0.29, 0.717) is 24.2 Å². The molecule has 1 amide bonds. The number of nitrogens with one attached hydrogen (secondary N) is 1. The predicted octanol–water partition coefficient (Wildman–Crippen LogP) is 4.39. The quantitative estimate of drug-likeness (QED) is 0.884. The molecule has 2 aromatic carbocycles. The third-order valence-corrected chi connectivity index (χ3v) is 4.41. The first-order valence-corrected chi connectivity index (χ1v) is 8.60. The van der Waals surface area contributed by atoms with E-state index in [-0.39, 0.29) is 11.7 Å². The number of benzene rings is 2. The fraction of sp³-hybridized carbons (Fsp3) is 0.350. The number of carbonyl (C=O) groups excluding carboxylic acids is 1. The van der Waals surface area contributed by atoms with E-state index >= 15 is 0 Å². The lowest BCUT2D eigenvalue weighted by molar-refractivity contribution is -0.116. The van der Waals surface area contributed by atoms with Gasteiger partial charge in [0.2, 0.25) is 5.91 Å². The number of nitrogens with zero attached hydrogens (tertiary/aromatic N) is 1. The lowest BCUT2D eigenvalue weighted by Crippen LogP contribution is -2.30. The Morgan fingerprint density at radius 1 is 1.04 bits per heavy atom. The van der Waals surface area contributed by atoms with Crippen LogP contribution in [0, 0.1) is 5.82 Å². The Kier molecular flexibility index (Phi) is 5.47. The van der Waals surface area contributed by atoms with Crippen LogP contribution in [0.25, 0.3) is 0 Å². The topological polar surface area (TPSA) is 32.3 Å². The van der Waals surface area contributed by atoms with Crippen molar-refractivity contribution in [2.24, 2.45) is 0 Å². The highest BCUT2D eigenvalue weighted by Gasteiger charge is 2.15. The molecule has 0 saturated carbocycles. The number of hydrogen-bond donors (Lipinski definition) is 1. The molecule has 0 aliphatic carbocycles. The number of amides is 1. The third-order valence-electron chi connectivity index (χ3n) is 4.41. The Hall–Kier alpha value is -2.36. The molecule has 0 aromatic heterocycles. The van der Waals surface area contributed by atoms with Gasteiger partial charge in [-0.25, -0.2) is 4.39 Å². The summed E-state index contributed by atoms with van der Waals surface area (Å²) in [7, 11) is 0. The van der Waals surface area contributed by atoms with Gasteiger partial charge in [0.25, 0.3) is 0 Å². The first kappa shape index (κ1) is 16.5. The molecule has 1 fully saturated rings. The standard InChI is InChI=1S/C20H23FN2O/c21-18-15-17(10-11-19(18)23-13-5-2-6-14-23)22-20(24)12-9-16-7-3-1-4-8-16/h1,3-4,7-8,10-11,15H,2,5-6,9,12-14H2,(H,22,24). The molecule has 1 saturated heterocycles. The number of anilines is 2. The van der Waals surface area contributed by atoms with Crippen LogP contribution in [0.3, 0.4) is 0 Å². The molecular weight excluding hydrogens is 303 g/mol. The molecule has 1 aliphatic heterocycles. The minimum absolute atomic E-state index is 0.0935. The summed E-state index contributed by atoms with van der Waals surface area (Å²) >= 11 is 0. The highest BCUT2D eigenvalue weighted by molar-refractivity contribution is 5.91. The molecule has 0 bridgehead atoms. The van der Waals surface area contributed by atoms with Gasteiger partial charge in [-0.2, -0.15) is 0 Å². The average molecular weight is 326 g/mol. The molecule has 24 heavy (non-hydrogen) atoms. The van der Waals surface area contributed by atoms with Crippen molar-refractivity contribution in [1.82, 2.24) is 0 Å². The average Bonchev–Trinajstić information content (AvgIpc) is 2.62. The van der Waals surface area contributed by atoms with Gasteiger partial charge in [-0.15, -0.1) is 0 Å². The van der Waals surface area contributed by atoms with Crippen LogP contribution in [-0.4, -0.2) is 19.0 Å². The molecule has 3 rings (SSSR count). The minimum atomic E-state index is -0.266. The highest BCUT2D eigenvalue weighted by Crippen LogP contribution is 2.25. The Labute approximate surface area is 142 Å². The van der Waals surface area contributed by atoms with Crippen LogP contribution in [0.4, 0.5) is 15.8 Å². The molecule has 1 heterocycles. The van der Waals surface area contributed by atoms with E-state index in [1.54, 1.807) is 12.1 Å². The molecular formula is C20H23FN2O. The van der Waals surface area contributed by atoms with Crippen molar-refractivity contribution in [2.75, 3.05) is 23.3 Å². The summed E-state index contributed by atoms with van der Waals surface area (Å²) in [6, 6.07) is 14.9. The van der Waals surface area contributed by atoms with Gasteiger partial charge in [-0.3, -0.25) is 4.79 Å². The Morgan fingerprint density at radius 3 is 2.50 bits per heavy atom. The van der Waals surface area contributed by atoms with Crippen LogP contribution >= 0.6 is 0 Å². The van der Waals surface area contributed by atoms with Crippen molar-refractivity contribution in [3.8, 4) is 0 Å². The molecule has 3 nitrogen and oxygen atoms in total. The van der Waals surface area contributed by atoms with Crippen LogP contribution in [0.2, 0.25) is 0 Å². The molecule has 0 radical (unpaired) electrons. The summed E-state index contributed by atoms with van der Waals surface area (Å²) in [5, 5.41) is 2.79. The molecule has 126 valence electrons. The molecule has 2 aromatic rings. The Balaban J connectivity index is 1.57. The summed E-state index contributed by atoms with van der Waals surface area (Å²) < 4.78 is 14.3. The van der Waals surface area contributed by atoms with Gasteiger partial charge in [0.15, 0.2) is 0 Å². The van der Waals surface area contributed by atoms with Crippen molar-refractivity contribution < 1.29 is 9.18 Å². The number of halogens is 1. The maximum atomic E-state index is 14.3. The number of hydrogen-bond acceptors (Lipinski definition) is 2. The molecule has 1 N–H and O–H groups in total. The summed E-state index contributed by atoms with van der Waals surface area (Å²) in [6.07, 6.45) is 4.50. The van der Waals surface area contributed by atoms with Crippen LogP contribution in [-0.2, 0) is 11.2 Å². The highest BCUT2D eigenvalue weighted by atomic mass is 19.1. The normalized spacial score (nSPS) is 14.5. The smallest absolute Gasteiger partial charge is 0.224 e. The maximum Gasteiger partial charge on any atom is 0.224 e. The summed E-state index contributed by atoms with van der Waals surface area (Å²) in [5.41, 5.74) is 2.28. The first-order valence-electron chi connectivity index (χ1n) is 8.60. The third kappa shape index (κ3) is 4.34. The Morgan fingerprint density at radius 2 is 1.79 bits per heavy atom. The zero-order chi connectivity index (χ0) is 16.8. The monoisotopic (exact) mass is 326 g/mol. The largest absolute Gasteiger partial charge is 0.369 e. The SMILES string of the molecule is O=C(CCc1ccccc1)Nc1ccc(N2CCCCC2)c(F)c1. The lowest BCUT2D eigenvalue weighted by atomic mass is 10.1. The van der Waals surface area contributed by atoms with Gasteiger partial charge < -0.3 is 10.2 Å². The fourth-order valence-electron chi connectivity index (χ4n) is 3.10. The second-order valence-electron chi connectivity index (χ2n) is 6.25. The summed E-state index contributed by atoms with van der Waals surface area (Å²) in [5.74, 6) is -0.360. The van der Waals surface area contributed by atoms with E-state index < -0.39 is 0 Å². The van der Waals surface area contributed by atoms with Gasteiger partial charge >= 0.3 is 0 Å². The Bertz CT molecular complexity index is 681. The second kappa shape index (κ2) is 7.95. The maximum absolute atomic E-state index is 14.3. The van der Waals surface area contributed by atoms with Gasteiger partial charge in [-0.1, -0.05) is 30.3 Å². The van der Waals surface area contributed by atoms with Crippen LogP contribution in [0.15, 0.2) is 48.5 Å². The zero-order valence-corrected chi connectivity index (χ0v) is 13.8. The number of piperidine rings is 1. The predicted molar refractivity (Wildman–Crippen MR) is 95.9 cm³/mol. The van der Waals surface area contributed by atoms with Gasteiger partial charge in [0.05, 0.1) is 5.69 Å². The van der Waals surface area contributed by atoms with Crippen molar-refractivity contribution >= 4 is 17.3 Å². The van der Waals surface area contributed by atoms with Crippen molar-refractivity contribution in [1.29, 1.82) is 0 Å². The van der Waals surface area contributed by atoms with E-state index in [2.05, 4.69) is 10.2 Å². The molecule has 4 heteroatoms. The van der Waals surface area contributed by atoms with E-state index in [4.69, 9.17) is 0 Å². The van der Waals surface area contributed by atoms with E-state index in [1.807, 2.05) is 30.3 Å². The van der Waals surface area contributed by atoms with E-state index in [0.717, 1.165) is 31.5 Å². The number of rotatable bonds is 5. The molecule has 0 atom stereocenters. The van der Waals surface area contributed by atoms with Crippen molar-refractivity contribution in [3.05, 3.63) is 59.9 Å². The number of aryl methyl sites for hydroxylation is 1. The molecule has 1 aliphatic rings. The zero-order valence-electron chi connectivity index (χ0n) is 13.8. The van der Waals surface area contributed by atoms with Crippen LogP contribution < -0.4 is 10.2 Å².